The molecule has 2 saturated heterocycles. The van der Waals surface area contributed by atoms with Crippen LogP contribution in [0.5, 0.6) is 0 Å². The highest BCUT2D eigenvalue weighted by atomic mass is 16.5. The zero-order chi connectivity index (χ0) is 12.3. The Labute approximate surface area is 106 Å². The van der Waals surface area contributed by atoms with Crippen LogP contribution in [0, 0.1) is 5.41 Å². The van der Waals surface area contributed by atoms with Crippen LogP contribution in [0.4, 0.5) is 0 Å². The molecule has 1 N–H and O–H groups in total. The van der Waals surface area contributed by atoms with Gasteiger partial charge >= 0.3 is 0 Å². The molecule has 0 radical (unpaired) electrons. The predicted octanol–water partition coefficient (Wildman–Crippen LogP) is 1.88. The summed E-state index contributed by atoms with van der Waals surface area (Å²) in [7, 11) is 1.82. The molecule has 0 aromatic carbocycles. The van der Waals surface area contributed by atoms with E-state index >= 15 is 0 Å². The lowest BCUT2D eigenvalue weighted by Gasteiger charge is -2.27. The Balaban J connectivity index is 1.78. The smallest absolute Gasteiger partial charge is 0.0711 e. The van der Waals surface area contributed by atoms with Gasteiger partial charge in [0.25, 0.3) is 0 Å². The molecule has 0 bridgehead atoms. The lowest BCUT2D eigenvalue weighted by molar-refractivity contribution is 0.115. The number of nitrogens with one attached hydrogen (secondary N) is 1. The zero-order valence-electron chi connectivity index (χ0n) is 11.7. The highest BCUT2D eigenvalue weighted by molar-refractivity contribution is 4.91. The molecule has 2 atom stereocenters. The minimum Gasteiger partial charge on any atom is -0.380 e. The summed E-state index contributed by atoms with van der Waals surface area (Å²) in [6, 6.07) is 0.643. The van der Waals surface area contributed by atoms with Gasteiger partial charge < -0.3 is 15.0 Å². The quantitative estimate of drug-likeness (QED) is 0.794. The fraction of sp³-hybridized carbons (Fsp3) is 1.00. The van der Waals surface area contributed by atoms with Crippen molar-refractivity contribution in [3.8, 4) is 0 Å². The van der Waals surface area contributed by atoms with Crippen molar-refractivity contribution in [2.45, 2.75) is 51.7 Å². The SMILES string of the molecule is CCC1(CC)CCN(CC2CC(OC)CN2)C1. The Bertz CT molecular complexity index is 240. The third-order valence-corrected chi connectivity index (χ3v) is 5.01. The number of hydrogen-bond acceptors (Lipinski definition) is 3. The first kappa shape index (κ1) is 13.3. The molecule has 17 heavy (non-hydrogen) atoms. The first-order valence-electron chi connectivity index (χ1n) is 7.20. The topological polar surface area (TPSA) is 24.5 Å². The van der Waals surface area contributed by atoms with Gasteiger partial charge in [-0.15, -0.1) is 0 Å². The van der Waals surface area contributed by atoms with Gasteiger partial charge in [-0.3, -0.25) is 0 Å². The average molecular weight is 240 g/mol. The standard InChI is InChI=1S/C14H28N2O/c1-4-14(5-2)6-7-16(11-14)10-12-8-13(17-3)9-15-12/h12-13,15H,4-11H2,1-3H3. The van der Waals surface area contributed by atoms with Gasteiger partial charge in [0.15, 0.2) is 0 Å². The summed E-state index contributed by atoms with van der Waals surface area (Å²) in [5.74, 6) is 0. The molecule has 3 heteroatoms. The van der Waals surface area contributed by atoms with E-state index < -0.39 is 0 Å². The molecule has 2 unspecified atom stereocenters. The van der Waals surface area contributed by atoms with Crippen LogP contribution in [0.25, 0.3) is 0 Å². The van der Waals surface area contributed by atoms with Crippen LogP contribution in [0.15, 0.2) is 0 Å². The number of methoxy groups -OCH3 is 1. The van der Waals surface area contributed by atoms with E-state index in [4.69, 9.17) is 4.74 Å². The van der Waals surface area contributed by atoms with E-state index in [9.17, 15) is 0 Å². The third-order valence-electron chi connectivity index (χ3n) is 5.01. The first-order chi connectivity index (χ1) is 8.21. The van der Waals surface area contributed by atoms with Gasteiger partial charge in [0.2, 0.25) is 0 Å². The number of hydrogen-bond donors (Lipinski definition) is 1. The highest BCUT2D eigenvalue weighted by Gasteiger charge is 2.36. The van der Waals surface area contributed by atoms with Gasteiger partial charge in [-0.2, -0.15) is 0 Å². The summed E-state index contributed by atoms with van der Waals surface area (Å²) in [6.07, 6.45) is 5.67. The van der Waals surface area contributed by atoms with Crippen LogP contribution < -0.4 is 5.32 Å². The van der Waals surface area contributed by atoms with Crippen molar-refractivity contribution in [1.29, 1.82) is 0 Å². The maximum atomic E-state index is 5.41. The monoisotopic (exact) mass is 240 g/mol. The number of nitrogens with zero attached hydrogens (tertiary/aromatic N) is 1. The van der Waals surface area contributed by atoms with E-state index in [0.717, 1.165) is 6.54 Å². The molecule has 100 valence electrons. The fourth-order valence-electron chi connectivity index (χ4n) is 3.42. The van der Waals surface area contributed by atoms with Crippen molar-refractivity contribution < 1.29 is 4.74 Å². The number of likely N-dealkylation sites (tertiary alicyclic amines) is 1. The number of ether oxygens (including phenoxy) is 1. The van der Waals surface area contributed by atoms with E-state index in [1.807, 2.05) is 7.11 Å². The van der Waals surface area contributed by atoms with Crippen LogP contribution in [-0.2, 0) is 4.74 Å². The van der Waals surface area contributed by atoms with Gasteiger partial charge in [-0.05, 0) is 37.6 Å². The highest BCUT2D eigenvalue weighted by Crippen LogP contribution is 2.37. The van der Waals surface area contributed by atoms with Crippen molar-refractivity contribution in [1.82, 2.24) is 10.2 Å². The second-order valence-electron chi connectivity index (χ2n) is 5.89. The van der Waals surface area contributed by atoms with Gasteiger partial charge in [-0.25, -0.2) is 0 Å². The van der Waals surface area contributed by atoms with Crippen LogP contribution >= 0.6 is 0 Å². The molecule has 0 aromatic heterocycles. The summed E-state index contributed by atoms with van der Waals surface area (Å²) in [5, 5.41) is 3.58. The minimum absolute atomic E-state index is 0.435. The van der Waals surface area contributed by atoms with E-state index in [2.05, 4.69) is 24.1 Å². The van der Waals surface area contributed by atoms with Crippen molar-refractivity contribution in [2.24, 2.45) is 5.41 Å². The van der Waals surface area contributed by atoms with Crippen LogP contribution in [0.1, 0.15) is 39.5 Å². The first-order valence-corrected chi connectivity index (χ1v) is 7.20. The minimum atomic E-state index is 0.435. The molecule has 0 saturated carbocycles. The third kappa shape index (κ3) is 3.01. The van der Waals surface area contributed by atoms with Crippen molar-refractivity contribution in [2.75, 3.05) is 33.3 Å². The Morgan fingerprint density at radius 1 is 1.35 bits per heavy atom. The largest absolute Gasteiger partial charge is 0.380 e. The summed E-state index contributed by atoms with van der Waals surface area (Å²) >= 11 is 0. The molecular weight excluding hydrogens is 212 g/mol. The lowest BCUT2D eigenvalue weighted by atomic mass is 9.82. The summed E-state index contributed by atoms with van der Waals surface area (Å²) in [4.78, 5) is 2.66. The van der Waals surface area contributed by atoms with Gasteiger partial charge in [0.1, 0.15) is 0 Å². The molecule has 0 aliphatic carbocycles. The summed E-state index contributed by atoms with van der Waals surface area (Å²) in [5.41, 5.74) is 0.610. The maximum Gasteiger partial charge on any atom is 0.0711 e. The molecule has 2 aliphatic heterocycles. The van der Waals surface area contributed by atoms with Crippen LogP contribution in [-0.4, -0.2) is 50.3 Å². The molecule has 3 nitrogen and oxygen atoms in total. The second-order valence-corrected chi connectivity index (χ2v) is 5.89. The number of rotatable bonds is 5. The van der Waals surface area contributed by atoms with Crippen LogP contribution in [0.2, 0.25) is 0 Å². The van der Waals surface area contributed by atoms with E-state index in [-0.39, 0.29) is 0 Å². The molecule has 0 spiro atoms. The second kappa shape index (κ2) is 5.68. The van der Waals surface area contributed by atoms with E-state index in [1.54, 1.807) is 0 Å². The van der Waals surface area contributed by atoms with Gasteiger partial charge in [-0.1, -0.05) is 13.8 Å². The lowest BCUT2D eigenvalue weighted by Crippen LogP contribution is -2.37. The average Bonchev–Trinajstić information content (AvgIpc) is 2.97. The Kier molecular flexibility index (Phi) is 4.45. The van der Waals surface area contributed by atoms with Crippen molar-refractivity contribution in [3.63, 3.8) is 0 Å². The Morgan fingerprint density at radius 2 is 2.12 bits per heavy atom. The molecule has 0 aromatic rings. The molecule has 2 aliphatic rings. The van der Waals surface area contributed by atoms with Crippen LogP contribution in [0.3, 0.4) is 0 Å². The Morgan fingerprint density at radius 3 is 2.65 bits per heavy atom. The van der Waals surface area contributed by atoms with E-state index in [1.165, 1.54) is 45.3 Å². The summed E-state index contributed by atoms with van der Waals surface area (Å²) < 4.78 is 5.41. The fourth-order valence-corrected chi connectivity index (χ4v) is 3.42. The molecular formula is C14H28N2O. The van der Waals surface area contributed by atoms with Crippen molar-refractivity contribution >= 4 is 0 Å². The predicted molar refractivity (Wildman–Crippen MR) is 71.3 cm³/mol. The Hall–Kier alpha value is -0.120. The summed E-state index contributed by atoms with van der Waals surface area (Å²) in [6.45, 7) is 9.53. The van der Waals surface area contributed by atoms with Crippen molar-refractivity contribution in [3.05, 3.63) is 0 Å². The molecule has 2 heterocycles. The molecule has 2 rings (SSSR count). The molecule has 2 fully saturated rings. The zero-order valence-corrected chi connectivity index (χ0v) is 11.7. The van der Waals surface area contributed by atoms with Gasteiger partial charge in [0, 0.05) is 32.8 Å². The maximum absolute atomic E-state index is 5.41. The normalized spacial score (nSPS) is 33.4. The van der Waals surface area contributed by atoms with Gasteiger partial charge in [0.05, 0.1) is 6.10 Å². The van der Waals surface area contributed by atoms with E-state index in [0.29, 0.717) is 17.6 Å². The molecule has 0 amide bonds.